The van der Waals surface area contributed by atoms with Crippen LogP contribution >= 0.6 is 0 Å². The number of benzene rings is 1. The third kappa shape index (κ3) is 3.90. The van der Waals surface area contributed by atoms with E-state index in [1.807, 2.05) is 17.0 Å². The molecule has 2 aliphatic heterocycles. The van der Waals surface area contributed by atoms with Crippen LogP contribution in [0.25, 0.3) is 0 Å². The Balaban J connectivity index is 1.60. The van der Waals surface area contributed by atoms with E-state index in [9.17, 15) is 9.18 Å². The number of hydrogen-bond donors (Lipinski definition) is 0. The number of carbonyl (C=O) groups is 1. The van der Waals surface area contributed by atoms with Crippen molar-refractivity contribution in [2.75, 3.05) is 33.4 Å². The number of likely N-dealkylation sites (tertiary alicyclic amines) is 2. The number of halogens is 1. The van der Waals surface area contributed by atoms with Crippen LogP contribution in [0.4, 0.5) is 4.39 Å². The van der Waals surface area contributed by atoms with Gasteiger partial charge in [-0.05, 0) is 42.9 Å². The smallest absolute Gasteiger partial charge is 0.248 e. The van der Waals surface area contributed by atoms with Crippen LogP contribution in [0.1, 0.15) is 24.8 Å². The van der Waals surface area contributed by atoms with Crippen LogP contribution in [-0.4, -0.2) is 55.1 Å². The molecule has 2 atom stereocenters. The number of amides is 1. The predicted octanol–water partition coefficient (Wildman–Crippen LogP) is 2.29. The van der Waals surface area contributed by atoms with Crippen molar-refractivity contribution < 1.29 is 13.9 Å². The Labute approximate surface area is 137 Å². The first kappa shape index (κ1) is 16.4. The molecule has 0 aromatic heterocycles. The summed E-state index contributed by atoms with van der Waals surface area (Å²) in [5, 5.41) is 0. The van der Waals surface area contributed by atoms with Gasteiger partial charge in [0.15, 0.2) is 0 Å². The third-order valence-corrected chi connectivity index (χ3v) is 5.06. The number of carbonyl (C=O) groups excluding carboxylic acids is 1. The number of rotatable bonds is 4. The Hall–Kier alpha value is -1.46. The van der Waals surface area contributed by atoms with Gasteiger partial charge >= 0.3 is 0 Å². The number of piperidine rings is 2. The lowest BCUT2D eigenvalue weighted by molar-refractivity contribution is -0.142. The maximum atomic E-state index is 13.0. The van der Waals surface area contributed by atoms with Crippen molar-refractivity contribution in [2.24, 2.45) is 5.92 Å². The van der Waals surface area contributed by atoms with Crippen molar-refractivity contribution in [3.63, 3.8) is 0 Å². The van der Waals surface area contributed by atoms with Crippen LogP contribution in [0, 0.1) is 11.7 Å². The largest absolute Gasteiger partial charge is 0.375 e. The van der Waals surface area contributed by atoms with Gasteiger partial charge in [-0.15, -0.1) is 0 Å². The molecule has 1 aromatic carbocycles. The summed E-state index contributed by atoms with van der Waals surface area (Å²) in [6.07, 6.45) is 3.27. The first-order chi connectivity index (χ1) is 11.2. The molecule has 0 radical (unpaired) electrons. The molecule has 0 unspecified atom stereocenters. The molecule has 1 amide bonds. The first-order valence-electron chi connectivity index (χ1n) is 8.42. The lowest BCUT2D eigenvalue weighted by atomic mass is 9.83. The summed E-state index contributed by atoms with van der Waals surface area (Å²) in [6, 6.07) is 7.12. The van der Waals surface area contributed by atoms with Crippen LogP contribution in [0.15, 0.2) is 24.3 Å². The van der Waals surface area contributed by atoms with Crippen molar-refractivity contribution in [3.05, 3.63) is 35.6 Å². The Morgan fingerprint density at radius 2 is 2.04 bits per heavy atom. The molecule has 126 valence electrons. The first-order valence-corrected chi connectivity index (χ1v) is 8.42. The van der Waals surface area contributed by atoms with Crippen molar-refractivity contribution in [3.8, 4) is 0 Å². The minimum Gasteiger partial charge on any atom is -0.375 e. The normalized spacial score (nSPS) is 25.2. The van der Waals surface area contributed by atoms with E-state index in [-0.39, 0.29) is 18.3 Å². The standard InChI is InChI=1S/C18H25FN2O2/c1-23-13-18(22)21-9-2-3-15-12-20(10-8-17(15)21)11-14-4-6-16(19)7-5-14/h4-7,15,17H,2-3,8-13H2,1H3/t15-,17-/m1/s1. The van der Waals surface area contributed by atoms with Gasteiger partial charge in [0, 0.05) is 39.3 Å². The molecule has 2 aliphatic rings. The van der Waals surface area contributed by atoms with Gasteiger partial charge in [-0.3, -0.25) is 9.69 Å². The Morgan fingerprint density at radius 3 is 2.78 bits per heavy atom. The fourth-order valence-corrected chi connectivity index (χ4v) is 3.99. The van der Waals surface area contributed by atoms with E-state index >= 15 is 0 Å². The van der Waals surface area contributed by atoms with Gasteiger partial charge in [0.05, 0.1) is 0 Å². The zero-order valence-corrected chi connectivity index (χ0v) is 13.7. The van der Waals surface area contributed by atoms with E-state index in [1.165, 1.54) is 18.6 Å². The quantitative estimate of drug-likeness (QED) is 0.853. The Kier molecular flexibility index (Phi) is 5.28. The highest BCUT2D eigenvalue weighted by molar-refractivity contribution is 5.78. The molecule has 1 aromatic rings. The van der Waals surface area contributed by atoms with E-state index in [1.54, 1.807) is 7.11 Å². The molecule has 4 nitrogen and oxygen atoms in total. The highest BCUT2D eigenvalue weighted by Crippen LogP contribution is 2.31. The highest BCUT2D eigenvalue weighted by atomic mass is 19.1. The van der Waals surface area contributed by atoms with Gasteiger partial charge in [-0.2, -0.15) is 0 Å². The number of fused-ring (bicyclic) bond motifs is 1. The minimum absolute atomic E-state index is 0.120. The summed E-state index contributed by atoms with van der Waals surface area (Å²) in [6.45, 7) is 3.90. The summed E-state index contributed by atoms with van der Waals surface area (Å²) in [5.41, 5.74) is 1.15. The fraction of sp³-hybridized carbons (Fsp3) is 0.611. The van der Waals surface area contributed by atoms with Gasteiger partial charge in [-0.25, -0.2) is 4.39 Å². The summed E-state index contributed by atoms with van der Waals surface area (Å²) in [5.74, 6) is 0.472. The minimum atomic E-state index is -0.188. The second-order valence-electron chi connectivity index (χ2n) is 6.64. The molecule has 0 spiro atoms. The van der Waals surface area contributed by atoms with Crippen LogP contribution in [0.2, 0.25) is 0 Å². The second-order valence-corrected chi connectivity index (χ2v) is 6.64. The Morgan fingerprint density at radius 1 is 1.26 bits per heavy atom. The maximum Gasteiger partial charge on any atom is 0.248 e. The fourth-order valence-electron chi connectivity index (χ4n) is 3.99. The van der Waals surface area contributed by atoms with Gasteiger partial charge in [-0.1, -0.05) is 12.1 Å². The van der Waals surface area contributed by atoms with E-state index in [2.05, 4.69) is 4.90 Å². The summed E-state index contributed by atoms with van der Waals surface area (Å²) < 4.78 is 18.0. The average molecular weight is 320 g/mol. The Bertz CT molecular complexity index is 534. The molecule has 0 N–H and O–H groups in total. The van der Waals surface area contributed by atoms with Gasteiger partial charge in [0.2, 0.25) is 5.91 Å². The van der Waals surface area contributed by atoms with Crippen molar-refractivity contribution in [2.45, 2.75) is 31.8 Å². The van der Waals surface area contributed by atoms with Gasteiger partial charge < -0.3 is 9.64 Å². The van der Waals surface area contributed by atoms with Crippen molar-refractivity contribution in [1.29, 1.82) is 0 Å². The zero-order valence-electron chi connectivity index (χ0n) is 13.7. The number of ether oxygens (including phenoxy) is 1. The lowest BCUT2D eigenvalue weighted by Gasteiger charge is -2.47. The topological polar surface area (TPSA) is 32.8 Å². The van der Waals surface area contributed by atoms with E-state index in [0.717, 1.165) is 44.6 Å². The maximum absolute atomic E-state index is 13.0. The van der Waals surface area contributed by atoms with Crippen molar-refractivity contribution >= 4 is 5.91 Å². The van der Waals surface area contributed by atoms with Crippen LogP contribution < -0.4 is 0 Å². The summed E-state index contributed by atoms with van der Waals surface area (Å²) in [4.78, 5) is 16.7. The molecule has 0 saturated carbocycles. The summed E-state index contributed by atoms with van der Waals surface area (Å²) in [7, 11) is 1.57. The molecule has 2 saturated heterocycles. The van der Waals surface area contributed by atoms with E-state index in [4.69, 9.17) is 4.74 Å². The van der Waals surface area contributed by atoms with Crippen molar-refractivity contribution in [1.82, 2.24) is 9.80 Å². The van der Waals surface area contributed by atoms with Crippen LogP contribution in [0.3, 0.4) is 0 Å². The highest BCUT2D eigenvalue weighted by Gasteiger charge is 2.37. The molecule has 0 bridgehead atoms. The molecule has 5 heteroatoms. The molecule has 2 heterocycles. The van der Waals surface area contributed by atoms with Crippen LogP contribution in [0.5, 0.6) is 0 Å². The van der Waals surface area contributed by atoms with E-state index in [0.29, 0.717) is 12.0 Å². The molecule has 23 heavy (non-hydrogen) atoms. The molecular weight excluding hydrogens is 295 g/mol. The van der Waals surface area contributed by atoms with Crippen LogP contribution in [-0.2, 0) is 16.1 Å². The molecular formula is C18H25FN2O2. The van der Waals surface area contributed by atoms with E-state index < -0.39 is 0 Å². The zero-order chi connectivity index (χ0) is 16.2. The number of methoxy groups -OCH3 is 1. The number of nitrogens with zero attached hydrogens (tertiary/aromatic N) is 2. The predicted molar refractivity (Wildman–Crippen MR) is 86.4 cm³/mol. The average Bonchev–Trinajstić information content (AvgIpc) is 2.56. The number of hydrogen-bond acceptors (Lipinski definition) is 3. The van der Waals surface area contributed by atoms with Gasteiger partial charge in [0.1, 0.15) is 12.4 Å². The molecule has 0 aliphatic carbocycles. The monoisotopic (exact) mass is 320 g/mol. The second kappa shape index (κ2) is 7.41. The molecule has 2 fully saturated rings. The van der Waals surface area contributed by atoms with Gasteiger partial charge in [0.25, 0.3) is 0 Å². The third-order valence-electron chi connectivity index (χ3n) is 5.06. The lowest BCUT2D eigenvalue weighted by Crippen LogP contribution is -2.56. The molecule has 3 rings (SSSR count). The SMILES string of the molecule is COCC(=O)N1CCC[C@@H]2CN(Cc3ccc(F)cc3)CC[C@H]21. The summed E-state index contributed by atoms with van der Waals surface area (Å²) >= 11 is 0.